The number of aryl methyl sites for hydroxylation is 1. The highest BCUT2D eigenvalue weighted by Gasteiger charge is 2.08. The quantitative estimate of drug-likeness (QED) is 0.882. The van der Waals surface area contributed by atoms with Crippen molar-refractivity contribution in [3.05, 3.63) is 47.5 Å². The van der Waals surface area contributed by atoms with Gasteiger partial charge in [-0.15, -0.1) is 0 Å². The predicted octanol–water partition coefficient (Wildman–Crippen LogP) is 2.03. The van der Waals surface area contributed by atoms with Gasteiger partial charge in [-0.05, 0) is 25.1 Å². The molecule has 19 heavy (non-hydrogen) atoms. The van der Waals surface area contributed by atoms with Crippen LogP contribution in [0, 0.1) is 6.92 Å². The van der Waals surface area contributed by atoms with Crippen LogP contribution < -0.4 is 5.32 Å². The van der Waals surface area contributed by atoms with Crippen LogP contribution in [0.2, 0.25) is 0 Å². The van der Waals surface area contributed by atoms with Gasteiger partial charge in [0.05, 0.1) is 18.4 Å². The van der Waals surface area contributed by atoms with E-state index in [4.69, 9.17) is 0 Å². The molecule has 0 atom stereocenters. The Morgan fingerprint density at radius 2 is 2.21 bits per heavy atom. The summed E-state index contributed by atoms with van der Waals surface area (Å²) in [6, 6.07) is 7.48. The summed E-state index contributed by atoms with van der Waals surface area (Å²) >= 11 is 0. The highest BCUT2D eigenvalue weighted by atomic mass is 16.2. The summed E-state index contributed by atoms with van der Waals surface area (Å²) < 4.78 is 0. The van der Waals surface area contributed by atoms with Crippen LogP contribution in [-0.4, -0.2) is 34.9 Å². The highest BCUT2D eigenvalue weighted by Crippen LogP contribution is 2.13. The lowest BCUT2D eigenvalue weighted by atomic mass is 10.2. The van der Waals surface area contributed by atoms with Crippen LogP contribution in [0.1, 0.15) is 21.9 Å². The molecule has 0 aliphatic carbocycles. The van der Waals surface area contributed by atoms with Crippen molar-refractivity contribution in [2.75, 3.05) is 19.4 Å². The summed E-state index contributed by atoms with van der Waals surface area (Å²) in [5, 5.41) is 3.27. The summed E-state index contributed by atoms with van der Waals surface area (Å²) in [5.41, 5.74) is 2.61. The van der Waals surface area contributed by atoms with Crippen LogP contribution in [0.25, 0.3) is 0 Å². The molecule has 2 N–H and O–H groups in total. The van der Waals surface area contributed by atoms with Crippen molar-refractivity contribution in [2.24, 2.45) is 0 Å². The molecule has 1 aromatic carbocycles. The summed E-state index contributed by atoms with van der Waals surface area (Å²) in [6.45, 7) is 2.57. The van der Waals surface area contributed by atoms with Crippen molar-refractivity contribution in [1.82, 2.24) is 14.9 Å². The summed E-state index contributed by atoms with van der Waals surface area (Å²) in [7, 11) is 3.49. The van der Waals surface area contributed by atoms with Crippen molar-refractivity contribution in [1.29, 1.82) is 0 Å². The number of rotatable bonds is 4. The van der Waals surface area contributed by atoms with Crippen LogP contribution in [0.3, 0.4) is 0 Å². The van der Waals surface area contributed by atoms with E-state index in [2.05, 4.69) is 15.3 Å². The Balaban J connectivity index is 2.05. The van der Waals surface area contributed by atoms with Gasteiger partial charge in [-0.2, -0.15) is 0 Å². The first-order chi connectivity index (χ1) is 9.06. The Hall–Kier alpha value is -2.30. The van der Waals surface area contributed by atoms with Crippen LogP contribution in [-0.2, 0) is 6.54 Å². The average Bonchev–Trinajstić information content (AvgIpc) is 2.81. The van der Waals surface area contributed by atoms with E-state index in [-0.39, 0.29) is 5.91 Å². The van der Waals surface area contributed by atoms with Crippen molar-refractivity contribution < 1.29 is 4.79 Å². The van der Waals surface area contributed by atoms with E-state index in [1.165, 1.54) is 0 Å². The van der Waals surface area contributed by atoms with Crippen molar-refractivity contribution in [2.45, 2.75) is 13.5 Å². The second-order valence-electron chi connectivity index (χ2n) is 4.63. The number of imidazole rings is 1. The van der Waals surface area contributed by atoms with Crippen LogP contribution in [0.4, 0.5) is 5.69 Å². The highest BCUT2D eigenvalue weighted by molar-refractivity contribution is 5.94. The first-order valence-corrected chi connectivity index (χ1v) is 6.12. The smallest absolute Gasteiger partial charge is 0.253 e. The van der Waals surface area contributed by atoms with E-state index in [0.29, 0.717) is 12.1 Å². The summed E-state index contributed by atoms with van der Waals surface area (Å²) in [6.07, 6.45) is 1.80. The Morgan fingerprint density at radius 1 is 1.42 bits per heavy atom. The number of carbonyl (C=O) groups is 1. The molecule has 5 heteroatoms. The first-order valence-electron chi connectivity index (χ1n) is 6.12. The molecule has 5 nitrogen and oxygen atoms in total. The van der Waals surface area contributed by atoms with Crippen molar-refractivity contribution in [3.63, 3.8) is 0 Å². The van der Waals surface area contributed by atoms with E-state index in [1.54, 1.807) is 25.2 Å². The van der Waals surface area contributed by atoms with Crippen molar-refractivity contribution >= 4 is 11.6 Å². The SMILES string of the molecule is Cc1ncc(CNc2cccc(C(=O)N(C)C)c2)[nH]1. The van der Waals surface area contributed by atoms with Gasteiger partial charge in [-0.1, -0.05) is 6.07 Å². The molecule has 0 aliphatic rings. The minimum atomic E-state index is 0.000958. The standard InChI is InChI=1S/C14H18N4O/c1-10-15-8-13(17-10)9-16-12-6-4-5-11(7-12)14(19)18(2)3/h4-8,16H,9H2,1-3H3,(H,15,17). The van der Waals surface area contributed by atoms with Gasteiger partial charge >= 0.3 is 0 Å². The molecule has 100 valence electrons. The Kier molecular flexibility index (Phi) is 3.85. The molecule has 0 spiro atoms. The van der Waals surface area contributed by atoms with Gasteiger partial charge in [-0.25, -0.2) is 4.98 Å². The zero-order valence-electron chi connectivity index (χ0n) is 11.4. The number of hydrogen-bond acceptors (Lipinski definition) is 3. The first kappa shape index (κ1) is 13.1. The second-order valence-corrected chi connectivity index (χ2v) is 4.63. The number of nitrogens with zero attached hydrogens (tertiary/aromatic N) is 2. The molecular formula is C14H18N4O. The van der Waals surface area contributed by atoms with Gasteiger partial charge in [0.2, 0.25) is 0 Å². The average molecular weight is 258 g/mol. The number of aromatic amines is 1. The third-order valence-corrected chi connectivity index (χ3v) is 2.75. The fourth-order valence-corrected chi connectivity index (χ4v) is 1.78. The number of carbonyl (C=O) groups excluding carboxylic acids is 1. The van der Waals surface area contributed by atoms with Crippen LogP contribution >= 0.6 is 0 Å². The lowest BCUT2D eigenvalue weighted by Crippen LogP contribution is -2.21. The normalized spacial score (nSPS) is 10.3. The molecule has 1 aromatic heterocycles. The maximum Gasteiger partial charge on any atom is 0.253 e. The molecule has 0 fully saturated rings. The lowest BCUT2D eigenvalue weighted by Gasteiger charge is -2.11. The summed E-state index contributed by atoms with van der Waals surface area (Å²) in [4.78, 5) is 20.7. The Labute approximate surface area is 112 Å². The third kappa shape index (κ3) is 3.34. The molecule has 0 radical (unpaired) electrons. The molecular weight excluding hydrogens is 240 g/mol. The Bertz CT molecular complexity index is 574. The fourth-order valence-electron chi connectivity index (χ4n) is 1.78. The number of benzene rings is 1. The zero-order valence-corrected chi connectivity index (χ0v) is 11.4. The van der Waals surface area contributed by atoms with Crippen molar-refractivity contribution in [3.8, 4) is 0 Å². The van der Waals surface area contributed by atoms with E-state index in [9.17, 15) is 4.79 Å². The molecule has 0 saturated heterocycles. The van der Waals surface area contributed by atoms with E-state index >= 15 is 0 Å². The third-order valence-electron chi connectivity index (χ3n) is 2.75. The zero-order chi connectivity index (χ0) is 13.8. The van der Waals surface area contributed by atoms with Gasteiger partial charge in [0.1, 0.15) is 5.82 Å². The minimum Gasteiger partial charge on any atom is -0.379 e. The Morgan fingerprint density at radius 3 is 2.84 bits per heavy atom. The molecule has 1 heterocycles. The van der Waals surface area contributed by atoms with E-state index in [0.717, 1.165) is 17.2 Å². The van der Waals surface area contributed by atoms with E-state index < -0.39 is 0 Å². The van der Waals surface area contributed by atoms with Gasteiger partial charge in [0, 0.05) is 25.3 Å². The number of amides is 1. The maximum absolute atomic E-state index is 11.9. The predicted molar refractivity (Wildman–Crippen MR) is 75.1 cm³/mol. The van der Waals surface area contributed by atoms with Gasteiger partial charge in [0.15, 0.2) is 0 Å². The number of anilines is 1. The number of H-pyrrole nitrogens is 1. The van der Waals surface area contributed by atoms with Crippen LogP contribution in [0.5, 0.6) is 0 Å². The monoisotopic (exact) mass is 258 g/mol. The molecule has 1 amide bonds. The number of aromatic nitrogens is 2. The lowest BCUT2D eigenvalue weighted by molar-refractivity contribution is 0.0827. The molecule has 0 aliphatic heterocycles. The molecule has 2 aromatic rings. The largest absolute Gasteiger partial charge is 0.379 e. The number of nitrogens with one attached hydrogen (secondary N) is 2. The van der Waals surface area contributed by atoms with Gasteiger partial charge in [-0.3, -0.25) is 4.79 Å². The molecule has 0 bridgehead atoms. The molecule has 0 unspecified atom stereocenters. The van der Waals surface area contributed by atoms with Crippen LogP contribution in [0.15, 0.2) is 30.5 Å². The fraction of sp³-hybridized carbons (Fsp3) is 0.286. The topological polar surface area (TPSA) is 61.0 Å². The maximum atomic E-state index is 11.9. The summed E-state index contributed by atoms with van der Waals surface area (Å²) in [5.74, 6) is 0.898. The van der Waals surface area contributed by atoms with Gasteiger partial charge < -0.3 is 15.2 Å². The molecule has 2 rings (SSSR count). The number of hydrogen-bond donors (Lipinski definition) is 2. The molecule has 0 saturated carbocycles. The van der Waals surface area contributed by atoms with E-state index in [1.807, 2.05) is 31.2 Å². The van der Waals surface area contributed by atoms with Gasteiger partial charge in [0.25, 0.3) is 5.91 Å². The minimum absolute atomic E-state index is 0.000958. The second kappa shape index (κ2) is 5.56.